The van der Waals surface area contributed by atoms with E-state index in [1.807, 2.05) is 6.07 Å². The monoisotopic (exact) mass is 538 g/mol. The quantitative estimate of drug-likeness (QED) is 0.250. The van der Waals surface area contributed by atoms with Crippen LogP contribution in [0.1, 0.15) is 22.7 Å². The van der Waals surface area contributed by atoms with Gasteiger partial charge in [0.2, 0.25) is 0 Å². The number of anilines is 1. The fourth-order valence-corrected chi connectivity index (χ4v) is 4.88. The van der Waals surface area contributed by atoms with Crippen LogP contribution in [0.2, 0.25) is 10.0 Å². The number of carbonyl (C=O) groups excluding carboxylic acids is 2. The summed E-state index contributed by atoms with van der Waals surface area (Å²) in [7, 11) is 4.23. The van der Waals surface area contributed by atoms with E-state index in [4.69, 9.17) is 37.4 Å². The van der Waals surface area contributed by atoms with Gasteiger partial charge in [-0.1, -0.05) is 35.3 Å². The van der Waals surface area contributed by atoms with Crippen LogP contribution in [0.15, 0.2) is 60.2 Å². The fourth-order valence-electron chi connectivity index (χ4n) is 4.31. The lowest BCUT2D eigenvalue weighted by molar-refractivity contribution is -0.132. The van der Waals surface area contributed by atoms with Gasteiger partial charge in [0.1, 0.15) is 11.5 Å². The van der Waals surface area contributed by atoms with Crippen LogP contribution in [0.4, 0.5) is 5.69 Å². The summed E-state index contributed by atoms with van der Waals surface area (Å²) in [5, 5.41) is 21.0. The Kier molecular flexibility index (Phi) is 7.30. The van der Waals surface area contributed by atoms with Crippen molar-refractivity contribution in [2.45, 2.75) is 6.04 Å². The van der Waals surface area contributed by atoms with E-state index in [2.05, 4.69) is 0 Å². The molecule has 1 aliphatic rings. The van der Waals surface area contributed by atoms with Crippen molar-refractivity contribution in [1.29, 1.82) is 5.26 Å². The number of para-hydroxylation sites is 1. The number of carbonyl (C=O) groups is 2. The third kappa shape index (κ3) is 4.44. The number of rotatable bonds is 6. The van der Waals surface area contributed by atoms with Crippen molar-refractivity contribution in [1.82, 2.24) is 0 Å². The number of nitrogens with zero attached hydrogens (tertiary/aromatic N) is 2. The zero-order valence-corrected chi connectivity index (χ0v) is 21.4. The molecule has 3 aromatic carbocycles. The highest BCUT2D eigenvalue weighted by Gasteiger charge is 2.48. The van der Waals surface area contributed by atoms with Gasteiger partial charge >= 0.3 is 0 Å². The van der Waals surface area contributed by atoms with E-state index in [0.717, 1.165) is 0 Å². The summed E-state index contributed by atoms with van der Waals surface area (Å²) in [6.07, 6.45) is 0. The van der Waals surface area contributed by atoms with Crippen LogP contribution >= 0.6 is 23.2 Å². The molecule has 0 aliphatic carbocycles. The first kappa shape index (κ1) is 25.9. The molecule has 0 radical (unpaired) electrons. The number of ketones is 1. The first-order chi connectivity index (χ1) is 17.8. The van der Waals surface area contributed by atoms with Gasteiger partial charge in [0.15, 0.2) is 11.5 Å². The molecule has 37 heavy (non-hydrogen) atoms. The maximum atomic E-state index is 13.5. The molecule has 1 amide bonds. The molecule has 0 spiro atoms. The molecular weight excluding hydrogens is 519 g/mol. The maximum absolute atomic E-state index is 13.5. The second kappa shape index (κ2) is 10.4. The van der Waals surface area contributed by atoms with Crippen LogP contribution in [-0.2, 0) is 9.59 Å². The van der Waals surface area contributed by atoms with Gasteiger partial charge in [-0.15, -0.1) is 0 Å². The van der Waals surface area contributed by atoms with Gasteiger partial charge in [-0.2, -0.15) is 5.26 Å². The standard InChI is InChI=1S/C27H20Cl2N2O6/c1-35-20-6-4-5-17(26(20)37-3)22-21(23(32)18-11-15(28)12-19(29)25(18)36-2)24(33)27(34)31(22)16-9-7-14(13-30)8-10-16/h4-12,22,32H,1-3H3/b23-21+. The van der Waals surface area contributed by atoms with Crippen LogP contribution in [0.25, 0.3) is 5.76 Å². The molecule has 1 heterocycles. The van der Waals surface area contributed by atoms with Gasteiger partial charge < -0.3 is 19.3 Å². The average Bonchev–Trinajstić information content (AvgIpc) is 3.17. The van der Waals surface area contributed by atoms with Gasteiger partial charge in [0.05, 0.1) is 55.2 Å². The summed E-state index contributed by atoms with van der Waals surface area (Å²) in [6.45, 7) is 0. The zero-order valence-electron chi connectivity index (χ0n) is 19.9. The molecule has 10 heteroatoms. The number of hydrogen-bond donors (Lipinski definition) is 1. The number of amides is 1. The molecule has 0 aromatic heterocycles. The number of aliphatic hydroxyl groups excluding tert-OH is 1. The highest BCUT2D eigenvalue weighted by atomic mass is 35.5. The van der Waals surface area contributed by atoms with E-state index in [9.17, 15) is 20.0 Å². The molecule has 3 aromatic rings. The SMILES string of the molecule is COc1cccc(C2/C(=C(\O)c3cc(Cl)cc(Cl)c3OC)C(=O)C(=O)N2c2ccc(C#N)cc2)c1OC. The Morgan fingerprint density at radius 3 is 2.24 bits per heavy atom. The topological polar surface area (TPSA) is 109 Å². The molecule has 0 bridgehead atoms. The number of Topliss-reactive ketones (excluding diaryl/α,β-unsaturated/α-hetero) is 1. The van der Waals surface area contributed by atoms with E-state index in [-0.39, 0.29) is 32.7 Å². The van der Waals surface area contributed by atoms with Crippen molar-refractivity contribution in [3.63, 3.8) is 0 Å². The first-order valence-electron chi connectivity index (χ1n) is 10.8. The van der Waals surface area contributed by atoms with Gasteiger partial charge in [0.25, 0.3) is 11.7 Å². The molecule has 1 unspecified atom stereocenters. The normalized spacial score (nSPS) is 16.4. The van der Waals surface area contributed by atoms with Crippen LogP contribution in [-0.4, -0.2) is 38.1 Å². The van der Waals surface area contributed by atoms with Crippen molar-refractivity contribution < 1.29 is 28.9 Å². The number of aliphatic hydroxyl groups is 1. The second-order valence-electron chi connectivity index (χ2n) is 7.88. The molecule has 8 nitrogen and oxygen atoms in total. The average molecular weight is 539 g/mol. The lowest BCUT2D eigenvalue weighted by Crippen LogP contribution is -2.29. The number of nitriles is 1. The van der Waals surface area contributed by atoms with Crippen molar-refractivity contribution in [2.75, 3.05) is 26.2 Å². The first-order valence-corrected chi connectivity index (χ1v) is 11.6. The summed E-state index contributed by atoms with van der Waals surface area (Å²) in [5.41, 5.74) is 0.863. The number of hydrogen-bond acceptors (Lipinski definition) is 7. The minimum Gasteiger partial charge on any atom is -0.507 e. The van der Waals surface area contributed by atoms with Crippen molar-refractivity contribution in [2.24, 2.45) is 0 Å². The Balaban J connectivity index is 2.07. The Morgan fingerprint density at radius 2 is 1.65 bits per heavy atom. The van der Waals surface area contributed by atoms with Crippen molar-refractivity contribution >= 4 is 46.3 Å². The van der Waals surface area contributed by atoms with E-state index in [1.165, 1.54) is 50.5 Å². The van der Waals surface area contributed by atoms with Gasteiger partial charge in [-0.3, -0.25) is 14.5 Å². The summed E-state index contributed by atoms with van der Waals surface area (Å²) in [4.78, 5) is 28.2. The summed E-state index contributed by atoms with van der Waals surface area (Å²) in [5.74, 6) is -1.69. The van der Waals surface area contributed by atoms with Crippen LogP contribution in [0, 0.1) is 11.3 Å². The molecule has 1 aliphatic heterocycles. The molecular formula is C27H20Cl2N2O6. The Labute approximate surface area is 222 Å². The maximum Gasteiger partial charge on any atom is 0.300 e. The molecule has 1 fully saturated rings. The Morgan fingerprint density at radius 1 is 0.973 bits per heavy atom. The minimum absolute atomic E-state index is 0.0321. The number of benzene rings is 3. The molecule has 1 N–H and O–H groups in total. The van der Waals surface area contributed by atoms with Gasteiger partial charge in [0, 0.05) is 16.3 Å². The Bertz CT molecular complexity index is 1480. The molecule has 1 saturated heterocycles. The number of ether oxygens (including phenoxy) is 3. The second-order valence-corrected chi connectivity index (χ2v) is 8.72. The van der Waals surface area contributed by atoms with Crippen molar-refractivity contribution in [3.8, 4) is 23.3 Å². The molecule has 1 atom stereocenters. The Hall–Kier alpha value is -4.19. The largest absolute Gasteiger partial charge is 0.507 e. The number of methoxy groups -OCH3 is 3. The lowest BCUT2D eigenvalue weighted by Gasteiger charge is -2.27. The van der Waals surface area contributed by atoms with Crippen LogP contribution in [0.5, 0.6) is 17.2 Å². The van der Waals surface area contributed by atoms with Crippen molar-refractivity contribution in [3.05, 3.63) is 86.9 Å². The lowest BCUT2D eigenvalue weighted by atomic mass is 9.93. The van der Waals surface area contributed by atoms with Gasteiger partial charge in [-0.25, -0.2) is 0 Å². The third-order valence-electron chi connectivity index (χ3n) is 5.91. The fraction of sp³-hybridized carbons (Fsp3) is 0.148. The third-order valence-corrected chi connectivity index (χ3v) is 6.41. The zero-order chi connectivity index (χ0) is 26.9. The smallest absolute Gasteiger partial charge is 0.300 e. The highest BCUT2D eigenvalue weighted by molar-refractivity contribution is 6.52. The number of halogens is 2. The van der Waals surface area contributed by atoms with E-state index in [0.29, 0.717) is 22.6 Å². The van der Waals surface area contributed by atoms with E-state index in [1.54, 1.807) is 30.3 Å². The minimum atomic E-state index is -1.14. The van der Waals surface area contributed by atoms with E-state index < -0.39 is 23.5 Å². The molecule has 0 saturated carbocycles. The predicted molar refractivity (Wildman–Crippen MR) is 138 cm³/mol. The summed E-state index contributed by atoms with van der Waals surface area (Å²) >= 11 is 12.5. The predicted octanol–water partition coefficient (Wildman–Crippen LogP) is 5.52. The molecule has 4 rings (SSSR count). The van der Waals surface area contributed by atoms with E-state index >= 15 is 0 Å². The van der Waals surface area contributed by atoms with Crippen LogP contribution < -0.4 is 19.1 Å². The highest BCUT2D eigenvalue weighted by Crippen LogP contribution is 2.48. The summed E-state index contributed by atoms with van der Waals surface area (Å²) in [6, 6.07) is 14.8. The van der Waals surface area contributed by atoms with Gasteiger partial charge in [-0.05, 0) is 42.5 Å². The van der Waals surface area contributed by atoms with Crippen LogP contribution in [0.3, 0.4) is 0 Å². The summed E-state index contributed by atoms with van der Waals surface area (Å²) < 4.78 is 16.4. The molecule has 188 valence electrons.